The maximum atomic E-state index is 13.5. The number of carbonyl (C=O) groups is 1. The summed E-state index contributed by atoms with van der Waals surface area (Å²) >= 11 is 2.49. The van der Waals surface area contributed by atoms with E-state index in [1.54, 1.807) is 13.8 Å². The maximum absolute atomic E-state index is 13.5. The number of esters is 1. The zero-order chi connectivity index (χ0) is 24.6. The van der Waals surface area contributed by atoms with Gasteiger partial charge in [-0.1, -0.05) is 17.4 Å². The molecule has 1 atom stereocenters. The molecule has 0 unspecified atom stereocenters. The summed E-state index contributed by atoms with van der Waals surface area (Å²) in [5.41, 5.74) is 0.0684. The lowest BCUT2D eigenvalue weighted by atomic mass is 10.0. The first-order chi connectivity index (χ1) is 16.3. The van der Waals surface area contributed by atoms with Crippen LogP contribution in [-0.4, -0.2) is 34.3 Å². The topological polar surface area (TPSA) is 133 Å². The van der Waals surface area contributed by atoms with E-state index in [-0.39, 0.29) is 22.5 Å². The molecule has 12 heteroatoms. The number of benzene rings is 1. The highest BCUT2D eigenvalue weighted by molar-refractivity contribution is 7.10. The number of aromatic hydroxyl groups is 1. The van der Waals surface area contributed by atoms with Crippen LogP contribution in [0.1, 0.15) is 30.3 Å². The number of ether oxygens (including phenoxy) is 2. The van der Waals surface area contributed by atoms with Gasteiger partial charge in [-0.2, -0.15) is 0 Å². The zero-order valence-corrected chi connectivity index (χ0v) is 19.9. The van der Waals surface area contributed by atoms with Crippen molar-refractivity contribution in [2.24, 2.45) is 4.99 Å². The van der Waals surface area contributed by atoms with Gasteiger partial charge in [-0.15, -0.1) is 11.3 Å². The number of rotatable bonds is 6. The molecule has 10 nitrogen and oxygen atoms in total. The van der Waals surface area contributed by atoms with Gasteiger partial charge in [-0.05, 0) is 43.0 Å². The van der Waals surface area contributed by atoms with Gasteiger partial charge in [0, 0.05) is 10.9 Å². The number of carbonyl (C=O) groups excluding carboxylic acids is 1. The Morgan fingerprint density at radius 3 is 2.79 bits per heavy atom. The fourth-order valence-corrected chi connectivity index (χ4v) is 5.52. The summed E-state index contributed by atoms with van der Waals surface area (Å²) in [6, 6.07) is 5.50. The van der Waals surface area contributed by atoms with Crippen LogP contribution < -0.4 is 19.6 Å². The first-order valence-electron chi connectivity index (χ1n) is 10.0. The molecule has 3 aromatic rings. The van der Waals surface area contributed by atoms with Crippen LogP contribution in [0.25, 0.3) is 6.08 Å². The van der Waals surface area contributed by atoms with E-state index in [1.165, 1.54) is 35.2 Å². The van der Waals surface area contributed by atoms with E-state index in [4.69, 9.17) is 9.47 Å². The third-order valence-corrected chi connectivity index (χ3v) is 7.03. The second-order valence-corrected chi connectivity index (χ2v) is 9.15. The summed E-state index contributed by atoms with van der Waals surface area (Å²) in [5.74, 6) is -1.24. The number of phenols is 1. The third-order valence-electron chi connectivity index (χ3n) is 5.12. The van der Waals surface area contributed by atoms with Crippen molar-refractivity contribution < 1.29 is 24.3 Å². The van der Waals surface area contributed by atoms with Gasteiger partial charge in [-0.25, -0.2) is 9.79 Å². The number of nitrogens with zero attached hydrogens (tertiary/aromatic N) is 3. The average molecular weight is 502 g/mol. The van der Waals surface area contributed by atoms with E-state index < -0.39 is 33.9 Å². The smallest absolute Gasteiger partial charge is 0.338 e. The molecule has 176 valence electrons. The molecule has 3 heterocycles. The molecule has 0 aliphatic carbocycles. The number of thiophene rings is 1. The lowest BCUT2D eigenvalue weighted by Gasteiger charge is -2.23. The summed E-state index contributed by atoms with van der Waals surface area (Å²) in [6.07, 6.45) is 1.47. The van der Waals surface area contributed by atoms with Crippen LogP contribution in [0.5, 0.6) is 11.5 Å². The summed E-state index contributed by atoms with van der Waals surface area (Å²) in [5, 5.41) is 23.2. The summed E-state index contributed by atoms with van der Waals surface area (Å²) in [7, 11) is 1.27. The molecular formula is C22H19N3O7S2. The lowest BCUT2D eigenvalue weighted by Crippen LogP contribution is -2.39. The molecule has 1 N–H and O–H groups in total. The van der Waals surface area contributed by atoms with E-state index in [1.807, 2.05) is 17.5 Å². The molecule has 0 saturated heterocycles. The van der Waals surface area contributed by atoms with E-state index in [2.05, 4.69) is 4.99 Å². The zero-order valence-electron chi connectivity index (χ0n) is 18.3. The lowest BCUT2D eigenvalue weighted by molar-refractivity contribution is -0.386. The largest absolute Gasteiger partial charge is 0.500 e. The molecule has 34 heavy (non-hydrogen) atoms. The fraction of sp³-hybridized carbons (Fsp3) is 0.227. The highest BCUT2D eigenvalue weighted by Crippen LogP contribution is 2.37. The number of thiazole rings is 1. The van der Waals surface area contributed by atoms with Crippen LogP contribution in [0.15, 0.2) is 50.7 Å². The SMILES string of the molecule is CCOC(=O)C1=C(C)N=c2s/c(=C\c3cc(OC)c(O)c([N+](=O)[O-])c3)c(=O)n2[C@@H]1c1cccs1. The predicted molar refractivity (Wildman–Crippen MR) is 126 cm³/mol. The number of allylic oxidation sites excluding steroid dienone is 1. The minimum absolute atomic E-state index is 0.0925. The monoisotopic (exact) mass is 501 g/mol. The van der Waals surface area contributed by atoms with Gasteiger partial charge in [0.05, 0.1) is 34.4 Å². The van der Waals surface area contributed by atoms with Gasteiger partial charge in [0.2, 0.25) is 5.75 Å². The van der Waals surface area contributed by atoms with Crippen molar-refractivity contribution in [3.05, 3.63) is 81.2 Å². The number of aromatic nitrogens is 1. The quantitative estimate of drug-likeness (QED) is 0.312. The fourth-order valence-electron chi connectivity index (χ4n) is 3.65. The Bertz CT molecular complexity index is 1500. The van der Waals surface area contributed by atoms with Crippen molar-refractivity contribution in [3.63, 3.8) is 0 Å². The standard InChI is InChI=1S/C22H19N3O7S2/c1-4-32-21(28)17-11(2)23-22-24(18(17)15-6-5-7-33-15)20(27)16(34-22)10-12-8-13(25(29)30)19(26)14(9-12)31-3/h5-10,18,26H,4H2,1-3H3/b16-10-/t18-/m1/s1. The van der Waals surface area contributed by atoms with Crippen LogP contribution >= 0.6 is 22.7 Å². The Balaban J connectivity index is 1.94. The molecule has 1 aromatic carbocycles. The van der Waals surface area contributed by atoms with Gasteiger partial charge in [0.25, 0.3) is 5.56 Å². The van der Waals surface area contributed by atoms with Gasteiger partial charge in [0.1, 0.15) is 6.04 Å². The van der Waals surface area contributed by atoms with E-state index in [0.29, 0.717) is 16.1 Å². The number of nitro benzene ring substituents is 1. The third kappa shape index (κ3) is 4.01. The summed E-state index contributed by atoms with van der Waals surface area (Å²) in [4.78, 5) is 42.5. The summed E-state index contributed by atoms with van der Waals surface area (Å²) in [6.45, 7) is 3.57. The Morgan fingerprint density at radius 2 is 2.18 bits per heavy atom. The van der Waals surface area contributed by atoms with Crippen molar-refractivity contribution in [2.45, 2.75) is 19.9 Å². The van der Waals surface area contributed by atoms with Crippen LogP contribution in [0, 0.1) is 10.1 Å². The minimum atomic E-state index is -0.734. The van der Waals surface area contributed by atoms with Crippen LogP contribution in [-0.2, 0) is 9.53 Å². The van der Waals surface area contributed by atoms with Crippen molar-refractivity contribution in [1.82, 2.24) is 4.57 Å². The highest BCUT2D eigenvalue weighted by Gasteiger charge is 2.34. The van der Waals surface area contributed by atoms with Gasteiger partial charge in [0.15, 0.2) is 10.6 Å². The molecule has 0 fully saturated rings. The molecule has 1 aliphatic heterocycles. The van der Waals surface area contributed by atoms with Gasteiger partial charge >= 0.3 is 11.7 Å². The van der Waals surface area contributed by atoms with Gasteiger partial charge in [-0.3, -0.25) is 19.5 Å². The van der Waals surface area contributed by atoms with E-state index in [0.717, 1.165) is 22.3 Å². The van der Waals surface area contributed by atoms with E-state index >= 15 is 0 Å². The highest BCUT2D eigenvalue weighted by atomic mass is 32.1. The molecule has 0 spiro atoms. The molecule has 0 amide bonds. The maximum Gasteiger partial charge on any atom is 0.338 e. The number of nitro groups is 1. The van der Waals surface area contributed by atoms with Crippen molar-refractivity contribution in [3.8, 4) is 11.5 Å². The number of fused-ring (bicyclic) bond motifs is 1. The van der Waals surface area contributed by atoms with Crippen LogP contribution in [0.2, 0.25) is 0 Å². The van der Waals surface area contributed by atoms with Gasteiger partial charge < -0.3 is 14.6 Å². The Hall–Kier alpha value is -3.77. The number of phenolic OH excluding ortho intramolecular Hbond substituents is 1. The number of hydrogen-bond donors (Lipinski definition) is 1. The Labute approximate surface area is 200 Å². The average Bonchev–Trinajstić information content (AvgIpc) is 3.42. The molecule has 2 aromatic heterocycles. The first-order valence-corrected chi connectivity index (χ1v) is 11.7. The Morgan fingerprint density at radius 1 is 1.41 bits per heavy atom. The molecular weight excluding hydrogens is 482 g/mol. The molecule has 1 aliphatic rings. The molecule has 0 radical (unpaired) electrons. The van der Waals surface area contributed by atoms with Crippen molar-refractivity contribution in [1.29, 1.82) is 0 Å². The minimum Gasteiger partial charge on any atom is -0.500 e. The second-order valence-electron chi connectivity index (χ2n) is 7.17. The molecule has 4 rings (SSSR count). The second kappa shape index (κ2) is 9.23. The number of methoxy groups -OCH3 is 1. The van der Waals surface area contributed by atoms with Crippen molar-refractivity contribution >= 4 is 40.4 Å². The first kappa shape index (κ1) is 23.4. The normalized spacial score (nSPS) is 15.6. The summed E-state index contributed by atoms with van der Waals surface area (Å²) < 4.78 is 12.0. The van der Waals surface area contributed by atoms with E-state index in [9.17, 15) is 24.8 Å². The molecule has 0 bridgehead atoms. The Kier molecular flexibility index (Phi) is 6.35. The van der Waals surface area contributed by atoms with Crippen LogP contribution in [0.4, 0.5) is 5.69 Å². The molecule has 0 saturated carbocycles. The predicted octanol–water partition coefficient (Wildman–Crippen LogP) is 2.48. The van der Waals surface area contributed by atoms with Crippen molar-refractivity contribution in [2.75, 3.05) is 13.7 Å². The number of hydrogen-bond acceptors (Lipinski definition) is 10. The van der Waals surface area contributed by atoms with Crippen LogP contribution in [0.3, 0.4) is 0 Å².